The molecule has 0 atom stereocenters. The van der Waals surface area contributed by atoms with Gasteiger partial charge in [-0.25, -0.2) is 4.98 Å². The topological polar surface area (TPSA) is 55.4 Å². The van der Waals surface area contributed by atoms with Gasteiger partial charge in [0.25, 0.3) is 0 Å². The van der Waals surface area contributed by atoms with Crippen LogP contribution >= 0.6 is 12.2 Å². The van der Waals surface area contributed by atoms with Crippen LogP contribution in [0.25, 0.3) is 0 Å². The average Bonchev–Trinajstić information content (AvgIpc) is 2.54. The zero-order chi connectivity index (χ0) is 16.7. The SMILES string of the molecule is COc1ccc(NC(=S)NCc2ccc(OC(C)C)cc2)cn1. The molecule has 5 nitrogen and oxygen atoms in total. The number of benzene rings is 1. The molecule has 0 radical (unpaired) electrons. The van der Waals surface area contributed by atoms with E-state index in [-0.39, 0.29) is 6.10 Å². The molecule has 0 fully saturated rings. The van der Waals surface area contributed by atoms with Crippen molar-refractivity contribution in [3.05, 3.63) is 48.2 Å². The molecule has 1 aromatic heterocycles. The summed E-state index contributed by atoms with van der Waals surface area (Å²) in [5.41, 5.74) is 1.93. The van der Waals surface area contributed by atoms with E-state index in [2.05, 4.69) is 15.6 Å². The molecule has 1 heterocycles. The fourth-order valence-electron chi connectivity index (χ4n) is 1.89. The normalized spacial score (nSPS) is 10.3. The van der Waals surface area contributed by atoms with Crippen molar-refractivity contribution in [2.75, 3.05) is 12.4 Å². The third kappa shape index (κ3) is 5.75. The number of rotatable bonds is 6. The first-order chi connectivity index (χ1) is 11.1. The van der Waals surface area contributed by atoms with Crippen LogP contribution in [-0.4, -0.2) is 23.3 Å². The van der Waals surface area contributed by atoms with E-state index in [4.69, 9.17) is 21.7 Å². The van der Waals surface area contributed by atoms with Crippen molar-refractivity contribution in [2.45, 2.75) is 26.5 Å². The summed E-state index contributed by atoms with van der Waals surface area (Å²) in [5.74, 6) is 1.44. The molecule has 0 bridgehead atoms. The average molecular weight is 331 g/mol. The maximum atomic E-state index is 5.62. The van der Waals surface area contributed by atoms with Crippen molar-refractivity contribution in [3.63, 3.8) is 0 Å². The second-order valence-electron chi connectivity index (χ2n) is 5.21. The second-order valence-corrected chi connectivity index (χ2v) is 5.62. The fourth-order valence-corrected chi connectivity index (χ4v) is 2.08. The summed E-state index contributed by atoms with van der Waals surface area (Å²) < 4.78 is 10.6. The molecule has 0 unspecified atom stereocenters. The van der Waals surface area contributed by atoms with E-state index in [9.17, 15) is 0 Å². The van der Waals surface area contributed by atoms with Gasteiger partial charge in [-0.2, -0.15) is 0 Å². The highest BCUT2D eigenvalue weighted by molar-refractivity contribution is 7.80. The van der Waals surface area contributed by atoms with Crippen molar-refractivity contribution < 1.29 is 9.47 Å². The smallest absolute Gasteiger partial charge is 0.213 e. The van der Waals surface area contributed by atoms with E-state index < -0.39 is 0 Å². The van der Waals surface area contributed by atoms with Gasteiger partial charge in [-0.1, -0.05) is 12.1 Å². The molecule has 2 aromatic rings. The van der Waals surface area contributed by atoms with Crippen molar-refractivity contribution in [1.82, 2.24) is 10.3 Å². The Kier molecular flexibility index (Phi) is 6.17. The van der Waals surface area contributed by atoms with Crippen LogP contribution in [-0.2, 0) is 6.54 Å². The van der Waals surface area contributed by atoms with E-state index in [1.165, 1.54) is 0 Å². The van der Waals surface area contributed by atoms with Crippen LogP contribution in [0.5, 0.6) is 11.6 Å². The summed E-state index contributed by atoms with van der Waals surface area (Å²) >= 11 is 5.27. The quantitative estimate of drug-likeness (QED) is 0.792. The fraction of sp³-hybridized carbons (Fsp3) is 0.294. The molecule has 1 aromatic carbocycles. The van der Waals surface area contributed by atoms with Crippen LogP contribution in [0.4, 0.5) is 5.69 Å². The lowest BCUT2D eigenvalue weighted by atomic mass is 10.2. The number of nitrogens with one attached hydrogen (secondary N) is 2. The van der Waals surface area contributed by atoms with Crippen molar-refractivity contribution in [3.8, 4) is 11.6 Å². The molecule has 6 heteroatoms. The van der Waals surface area contributed by atoms with Gasteiger partial charge in [0, 0.05) is 12.6 Å². The Balaban J connectivity index is 1.81. The minimum absolute atomic E-state index is 0.175. The highest BCUT2D eigenvalue weighted by atomic mass is 32.1. The van der Waals surface area contributed by atoms with E-state index in [1.54, 1.807) is 19.4 Å². The third-order valence-electron chi connectivity index (χ3n) is 2.95. The molecule has 0 saturated heterocycles. The summed E-state index contributed by atoms with van der Waals surface area (Å²) in [6, 6.07) is 11.6. The molecule has 0 aliphatic rings. The number of pyridine rings is 1. The van der Waals surface area contributed by atoms with E-state index in [0.717, 1.165) is 17.0 Å². The van der Waals surface area contributed by atoms with Gasteiger partial charge in [-0.05, 0) is 49.8 Å². The minimum atomic E-state index is 0.175. The molecule has 2 rings (SSSR count). The summed E-state index contributed by atoms with van der Waals surface area (Å²) in [6.45, 7) is 4.65. The second kappa shape index (κ2) is 8.33. The lowest BCUT2D eigenvalue weighted by Gasteiger charge is -2.12. The largest absolute Gasteiger partial charge is 0.491 e. The molecular weight excluding hydrogens is 310 g/mol. The number of aromatic nitrogens is 1. The zero-order valence-corrected chi connectivity index (χ0v) is 14.3. The molecule has 23 heavy (non-hydrogen) atoms. The predicted molar refractivity (Wildman–Crippen MR) is 96.1 cm³/mol. The van der Waals surface area contributed by atoms with Crippen LogP contribution in [0.2, 0.25) is 0 Å². The van der Waals surface area contributed by atoms with E-state index in [1.807, 2.05) is 44.2 Å². The molecule has 0 spiro atoms. The number of anilines is 1. The van der Waals surface area contributed by atoms with Crippen LogP contribution in [0.3, 0.4) is 0 Å². The monoisotopic (exact) mass is 331 g/mol. The van der Waals surface area contributed by atoms with Gasteiger partial charge in [-0.3, -0.25) is 0 Å². The maximum Gasteiger partial charge on any atom is 0.213 e. The Morgan fingerprint density at radius 2 is 1.91 bits per heavy atom. The zero-order valence-electron chi connectivity index (χ0n) is 13.5. The van der Waals surface area contributed by atoms with Crippen molar-refractivity contribution in [2.24, 2.45) is 0 Å². The van der Waals surface area contributed by atoms with E-state index >= 15 is 0 Å². The third-order valence-corrected chi connectivity index (χ3v) is 3.20. The number of nitrogens with zero attached hydrogens (tertiary/aromatic N) is 1. The van der Waals surface area contributed by atoms with Crippen LogP contribution in [0.1, 0.15) is 19.4 Å². The lowest BCUT2D eigenvalue weighted by molar-refractivity contribution is 0.242. The Morgan fingerprint density at radius 3 is 2.48 bits per heavy atom. The predicted octanol–water partition coefficient (Wildman–Crippen LogP) is 3.36. The Hall–Kier alpha value is -2.34. The number of hydrogen-bond acceptors (Lipinski definition) is 4. The Bertz CT molecular complexity index is 627. The Labute approximate surface area is 142 Å². The Morgan fingerprint density at radius 1 is 1.17 bits per heavy atom. The number of methoxy groups -OCH3 is 1. The van der Waals surface area contributed by atoms with Gasteiger partial charge < -0.3 is 20.1 Å². The summed E-state index contributed by atoms with van der Waals surface area (Å²) in [7, 11) is 1.58. The first kappa shape index (κ1) is 17.0. The molecular formula is C17H21N3O2S. The number of hydrogen-bond donors (Lipinski definition) is 2. The molecule has 2 N–H and O–H groups in total. The van der Waals surface area contributed by atoms with Gasteiger partial charge in [0.05, 0.1) is 25.1 Å². The van der Waals surface area contributed by atoms with Gasteiger partial charge in [-0.15, -0.1) is 0 Å². The molecule has 0 saturated carbocycles. The molecule has 0 aliphatic heterocycles. The van der Waals surface area contributed by atoms with Crippen LogP contribution in [0.15, 0.2) is 42.6 Å². The first-order valence-corrected chi connectivity index (χ1v) is 7.78. The first-order valence-electron chi connectivity index (χ1n) is 7.37. The van der Waals surface area contributed by atoms with Crippen molar-refractivity contribution >= 4 is 23.0 Å². The minimum Gasteiger partial charge on any atom is -0.491 e. The maximum absolute atomic E-state index is 5.62. The van der Waals surface area contributed by atoms with Gasteiger partial charge in [0.1, 0.15) is 5.75 Å². The van der Waals surface area contributed by atoms with Gasteiger partial charge in [0.15, 0.2) is 5.11 Å². The van der Waals surface area contributed by atoms with Gasteiger partial charge in [0.2, 0.25) is 5.88 Å². The summed E-state index contributed by atoms with van der Waals surface area (Å²) in [5, 5.41) is 6.78. The van der Waals surface area contributed by atoms with Crippen molar-refractivity contribution in [1.29, 1.82) is 0 Å². The van der Waals surface area contributed by atoms with Crippen LogP contribution < -0.4 is 20.1 Å². The number of ether oxygens (including phenoxy) is 2. The van der Waals surface area contributed by atoms with E-state index in [0.29, 0.717) is 17.5 Å². The van der Waals surface area contributed by atoms with Crippen LogP contribution in [0, 0.1) is 0 Å². The molecule has 122 valence electrons. The lowest BCUT2D eigenvalue weighted by Crippen LogP contribution is -2.27. The highest BCUT2D eigenvalue weighted by Crippen LogP contribution is 2.14. The highest BCUT2D eigenvalue weighted by Gasteiger charge is 2.01. The molecule has 0 aliphatic carbocycles. The summed E-state index contributed by atoms with van der Waals surface area (Å²) in [6.07, 6.45) is 1.85. The number of thiocarbonyl (C=S) groups is 1. The standard InChI is InChI=1S/C17H21N3O2S/c1-12(2)22-15-7-4-13(5-8-15)10-19-17(23)20-14-6-9-16(21-3)18-11-14/h4-9,11-12H,10H2,1-3H3,(H2,19,20,23). The molecule has 0 amide bonds. The van der Waals surface area contributed by atoms with Gasteiger partial charge >= 0.3 is 0 Å². The summed E-state index contributed by atoms with van der Waals surface area (Å²) in [4.78, 5) is 4.12.